The average Bonchev–Trinajstić information content (AvgIpc) is 2.57. The van der Waals surface area contributed by atoms with Gasteiger partial charge in [-0.2, -0.15) is 0 Å². The molecule has 0 radical (unpaired) electrons. The van der Waals surface area contributed by atoms with Gasteiger partial charge in [0.15, 0.2) is 0 Å². The lowest BCUT2D eigenvalue weighted by molar-refractivity contribution is -0.136. The van der Waals surface area contributed by atoms with Crippen LogP contribution in [0.5, 0.6) is 5.75 Å². The molecule has 2 aromatic carbocycles. The molecule has 5 nitrogen and oxygen atoms in total. The molecule has 2 aromatic rings. The molecule has 0 saturated carbocycles. The van der Waals surface area contributed by atoms with E-state index in [1.54, 1.807) is 0 Å². The summed E-state index contributed by atoms with van der Waals surface area (Å²) in [6.07, 6.45) is 0. The Bertz CT molecular complexity index is 724. The fourth-order valence-corrected chi connectivity index (χ4v) is 2.18. The molecule has 0 aliphatic rings. The van der Waals surface area contributed by atoms with Gasteiger partial charge in [-0.15, -0.1) is 0 Å². The molecule has 5 heteroatoms. The molecule has 0 bridgehead atoms. The molecular weight excluding hydrogens is 304 g/mol. The van der Waals surface area contributed by atoms with E-state index in [1.807, 2.05) is 63.2 Å². The molecule has 0 aliphatic carbocycles. The van der Waals surface area contributed by atoms with Gasteiger partial charge >= 0.3 is 11.8 Å². The van der Waals surface area contributed by atoms with Crippen LogP contribution < -0.4 is 15.4 Å². The van der Waals surface area contributed by atoms with Crippen molar-refractivity contribution in [2.24, 2.45) is 0 Å². The van der Waals surface area contributed by atoms with Gasteiger partial charge in [0.2, 0.25) is 0 Å². The molecule has 24 heavy (non-hydrogen) atoms. The molecule has 0 atom stereocenters. The van der Waals surface area contributed by atoms with Crippen molar-refractivity contribution in [3.63, 3.8) is 0 Å². The molecule has 0 fully saturated rings. The van der Waals surface area contributed by atoms with Crippen LogP contribution in [0.2, 0.25) is 0 Å². The number of ether oxygens (including phenoxy) is 1. The number of anilines is 1. The summed E-state index contributed by atoms with van der Waals surface area (Å²) in [6, 6.07) is 13.1. The van der Waals surface area contributed by atoms with E-state index in [1.165, 1.54) is 0 Å². The molecule has 2 N–H and O–H groups in total. The van der Waals surface area contributed by atoms with Crippen molar-refractivity contribution in [2.45, 2.75) is 27.3 Å². The first-order chi connectivity index (χ1) is 11.5. The third-order valence-corrected chi connectivity index (χ3v) is 3.53. The van der Waals surface area contributed by atoms with Crippen LogP contribution in [0.4, 0.5) is 5.69 Å². The van der Waals surface area contributed by atoms with Crippen LogP contribution >= 0.6 is 0 Å². The van der Waals surface area contributed by atoms with Gasteiger partial charge in [0.25, 0.3) is 0 Å². The molecule has 2 rings (SSSR count). The third kappa shape index (κ3) is 4.84. The van der Waals surface area contributed by atoms with Crippen LogP contribution in [0, 0.1) is 13.8 Å². The summed E-state index contributed by atoms with van der Waals surface area (Å²) in [6.45, 7) is 6.62. The van der Waals surface area contributed by atoms with Crippen molar-refractivity contribution in [1.29, 1.82) is 0 Å². The standard InChI is InChI=1S/C19H22N2O3/c1-4-24-16-9-7-15(8-10-16)12-20-18(22)19(23)21-17-11-13(2)5-6-14(17)3/h5-11H,4,12H2,1-3H3,(H,20,22)(H,21,23). The van der Waals surface area contributed by atoms with Crippen LogP contribution in [-0.4, -0.2) is 18.4 Å². The lowest BCUT2D eigenvalue weighted by Crippen LogP contribution is -2.35. The Morgan fingerprint density at radius 1 is 1.00 bits per heavy atom. The van der Waals surface area contributed by atoms with Gasteiger partial charge < -0.3 is 15.4 Å². The number of aryl methyl sites for hydroxylation is 2. The molecule has 2 amide bonds. The summed E-state index contributed by atoms with van der Waals surface area (Å²) in [4.78, 5) is 23.9. The predicted octanol–water partition coefficient (Wildman–Crippen LogP) is 2.96. The zero-order valence-electron chi connectivity index (χ0n) is 14.2. The highest BCUT2D eigenvalue weighted by Gasteiger charge is 2.14. The topological polar surface area (TPSA) is 67.4 Å². The van der Waals surface area contributed by atoms with Gasteiger partial charge in [0, 0.05) is 12.2 Å². The van der Waals surface area contributed by atoms with Gasteiger partial charge in [-0.1, -0.05) is 24.3 Å². The van der Waals surface area contributed by atoms with E-state index in [0.29, 0.717) is 12.3 Å². The number of amides is 2. The van der Waals surface area contributed by atoms with Gasteiger partial charge in [0.05, 0.1) is 6.61 Å². The summed E-state index contributed by atoms with van der Waals surface area (Å²) in [5.74, 6) is -0.556. The van der Waals surface area contributed by atoms with Crippen molar-refractivity contribution in [3.05, 3.63) is 59.2 Å². The highest BCUT2D eigenvalue weighted by Crippen LogP contribution is 2.16. The fraction of sp³-hybridized carbons (Fsp3) is 0.263. The van der Waals surface area contributed by atoms with E-state index in [4.69, 9.17) is 4.74 Å². The minimum atomic E-state index is -0.672. The van der Waals surface area contributed by atoms with E-state index in [9.17, 15) is 9.59 Å². The van der Waals surface area contributed by atoms with Crippen LogP contribution in [0.1, 0.15) is 23.6 Å². The largest absolute Gasteiger partial charge is 0.494 e. The first-order valence-corrected chi connectivity index (χ1v) is 7.87. The van der Waals surface area contributed by atoms with Gasteiger partial charge in [-0.05, 0) is 55.7 Å². The molecule has 126 valence electrons. The maximum absolute atomic E-state index is 12.0. The highest BCUT2D eigenvalue weighted by atomic mass is 16.5. The summed E-state index contributed by atoms with van der Waals surface area (Å²) in [7, 11) is 0. The van der Waals surface area contributed by atoms with Gasteiger partial charge in [-0.25, -0.2) is 0 Å². The molecule has 0 aliphatic heterocycles. The Morgan fingerprint density at radius 3 is 2.38 bits per heavy atom. The summed E-state index contributed by atoms with van der Waals surface area (Å²) in [5, 5.41) is 5.25. The SMILES string of the molecule is CCOc1ccc(CNC(=O)C(=O)Nc2cc(C)ccc2C)cc1. The Morgan fingerprint density at radius 2 is 1.71 bits per heavy atom. The predicted molar refractivity (Wildman–Crippen MR) is 94.0 cm³/mol. The van der Waals surface area contributed by atoms with E-state index < -0.39 is 11.8 Å². The quantitative estimate of drug-likeness (QED) is 0.830. The first-order valence-electron chi connectivity index (χ1n) is 7.87. The van der Waals surface area contributed by atoms with Crippen LogP contribution in [-0.2, 0) is 16.1 Å². The Hall–Kier alpha value is -2.82. The second kappa shape index (κ2) is 8.15. The number of hydrogen-bond acceptors (Lipinski definition) is 3. The minimum absolute atomic E-state index is 0.283. The molecule has 0 aromatic heterocycles. The van der Waals surface area contributed by atoms with Crippen molar-refractivity contribution in [1.82, 2.24) is 5.32 Å². The second-order valence-corrected chi connectivity index (χ2v) is 5.53. The summed E-state index contributed by atoms with van der Waals surface area (Å²) in [5.41, 5.74) is 3.47. The van der Waals surface area contributed by atoms with Crippen LogP contribution in [0.3, 0.4) is 0 Å². The van der Waals surface area contributed by atoms with Crippen molar-refractivity contribution in [2.75, 3.05) is 11.9 Å². The lowest BCUT2D eigenvalue weighted by Gasteiger charge is -2.10. The van der Waals surface area contributed by atoms with Crippen LogP contribution in [0.15, 0.2) is 42.5 Å². The molecule has 0 heterocycles. The Labute approximate surface area is 142 Å². The molecule has 0 spiro atoms. The second-order valence-electron chi connectivity index (χ2n) is 5.53. The Kier molecular flexibility index (Phi) is 5.95. The number of nitrogens with one attached hydrogen (secondary N) is 2. The molecule has 0 saturated heterocycles. The summed E-state index contributed by atoms with van der Waals surface area (Å²) >= 11 is 0. The number of rotatable bonds is 5. The minimum Gasteiger partial charge on any atom is -0.494 e. The summed E-state index contributed by atoms with van der Waals surface area (Å²) < 4.78 is 5.36. The van der Waals surface area contributed by atoms with E-state index in [2.05, 4.69) is 10.6 Å². The normalized spacial score (nSPS) is 10.1. The third-order valence-electron chi connectivity index (χ3n) is 3.53. The smallest absolute Gasteiger partial charge is 0.313 e. The lowest BCUT2D eigenvalue weighted by atomic mass is 10.1. The first kappa shape index (κ1) is 17.5. The maximum atomic E-state index is 12.0. The zero-order chi connectivity index (χ0) is 17.5. The van der Waals surface area contributed by atoms with Crippen molar-refractivity contribution >= 4 is 17.5 Å². The fourth-order valence-electron chi connectivity index (χ4n) is 2.18. The highest BCUT2D eigenvalue weighted by molar-refractivity contribution is 6.39. The van der Waals surface area contributed by atoms with Gasteiger partial charge in [0.1, 0.15) is 5.75 Å². The monoisotopic (exact) mass is 326 g/mol. The number of carbonyl (C=O) groups is 2. The van der Waals surface area contributed by atoms with Gasteiger partial charge in [-0.3, -0.25) is 9.59 Å². The number of carbonyl (C=O) groups excluding carboxylic acids is 2. The van der Waals surface area contributed by atoms with E-state index in [-0.39, 0.29) is 6.54 Å². The van der Waals surface area contributed by atoms with E-state index in [0.717, 1.165) is 22.4 Å². The maximum Gasteiger partial charge on any atom is 0.313 e. The van der Waals surface area contributed by atoms with Crippen molar-refractivity contribution in [3.8, 4) is 5.75 Å². The zero-order valence-corrected chi connectivity index (χ0v) is 14.2. The van der Waals surface area contributed by atoms with Crippen LogP contribution in [0.25, 0.3) is 0 Å². The Balaban J connectivity index is 1.89. The van der Waals surface area contributed by atoms with Crippen molar-refractivity contribution < 1.29 is 14.3 Å². The average molecular weight is 326 g/mol. The number of benzene rings is 2. The van der Waals surface area contributed by atoms with E-state index >= 15 is 0 Å². The number of hydrogen-bond donors (Lipinski definition) is 2. The molecule has 0 unspecified atom stereocenters. The molecular formula is C19H22N2O3.